The van der Waals surface area contributed by atoms with E-state index in [1.165, 1.54) is 0 Å². The lowest BCUT2D eigenvalue weighted by Gasteiger charge is -2.18. The average molecular weight is 261 g/mol. The number of hydrogen-bond acceptors (Lipinski definition) is 5. The Morgan fingerprint density at radius 1 is 1.32 bits per heavy atom. The summed E-state index contributed by atoms with van der Waals surface area (Å²) in [7, 11) is 1.65. The summed E-state index contributed by atoms with van der Waals surface area (Å²) in [4.78, 5) is 8.67. The molecule has 0 fully saturated rings. The zero-order valence-electron chi connectivity index (χ0n) is 11.5. The van der Waals surface area contributed by atoms with Crippen LogP contribution in [-0.2, 0) is 6.54 Å². The van der Waals surface area contributed by atoms with E-state index in [0.29, 0.717) is 0 Å². The minimum atomic E-state index is -0.122. The number of aryl methyl sites for hydroxylation is 1. The van der Waals surface area contributed by atoms with Gasteiger partial charge in [-0.3, -0.25) is 4.68 Å². The van der Waals surface area contributed by atoms with Crippen LogP contribution in [0.5, 0.6) is 5.75 Å². The van der Waals surface area contributed by atoms with E-state index in [4.69, 9.17) is 4.74 Å². The second-order valence-electron chi connectivity index (χ2n) is 4.01. The summed E-state index contributed by atoms with van der Waals surface area (Å²) in [5.41, 5.74) is 0.957. The molecule has 0 radical (unpaired) electrons. The summed E-state index contributed by atoms with van der Waals surface area (Å²) in [6.45, 7) is 5.67. The third-order valence-corrected chi connectivity index (χ3v) is 2.89. The van der Waals surface area contributed by atoms with Crippen LogP contribution in [0.1, 0.15) is 31.4 Å². The molecule has 2 aromatic heterocycles. The maximum Gasteiger partial charge on any atom is 0.162 e. The van der Waals surface area contributed by atoms with Crippen LogP contribution >= 0.6 is 0 Å². The molecule has 1 atom stereocenters. The van der Waals surface area contributed by atoms with Crippen molar-refractivity contribution in [1.29, 1.82) is 0 Å². The van der Waals surface area contributed by atoms with Gasteiger partial charge in [0.2, 0.25) is 0 Å². The lowest BCUT2D eigenvalue weighted by atomic mass is 10.1. The number of methoxy groups -OCH3 is 1. The van der Waals surface area contributed by atoms with Crippen molar-refractivity contribution in [3.8, 4) is 5.75 Å². The van der Waals surface area contributed by atoms with E-state index in [0.717, 1.165) is 30.4 Å². The highest BCUT2D eigenvalue weighted by atomic mass is 16.5. The lowest BCUT2D eigenvalue weighted by Crippen LogP contribution is -2.27. The molecule has 0 saturated carbocycles. The van der Waals surface area contributed by atoms with Crippen molar-refractivity contribution < 1.29 is 4.74 Å². The molecule has 102 valence electrons. The fourth-order valence-corrected chi connectivity index (χ4v) is 2.05. The van der Waals surface area contributed by atoms with Gasteiger partial charge in [-0.05, 0) is 19.5 Å². The van der Waals surface area contributed by atoms with Crippen LogP contribution in [0.4, 0.5) is 0 Å². The third kappa shape index (κ3) is 2.73. The van der Waals surface area contributed by atoms with Gasteiger partial charge in [-0.15, -0.1) is 0 Å². The van der Waals surface area contributed by atoms with Crippen molar-refractivity contribution in [3.05, 3.63) is 36.2 Å². The van der Waals surface area contributed by atoms with E-state index in [-0.39, 0.29) is 6.04 Å². The smallest absolute Gasteiger partial charge is 0.162 e. The number of hydrogen-bond donors (Lipinski definition) is 1. The van der Waals surface area contributed by atoms with Crippen molar-refractivity contribution >= 4 is 0 Å². The molecule has 0 bridgehead atoms. The van der Waals surface area contributed by atoms with Crippen molar-refractivity contribution in [2.24, 2.45) is 0 Å². The van der Waals surface area contributed by atoms with Gasteiger partial charge in [-0.25, -0.2) is 9.97 Å². The van der Waals surface area contributed by atoms with Gasteiger partial charge in [0.15, 0.2) is 11.6 Å². The summed E-state index contributed by atoms with van der Waals surface area (Å²) in [6, 6.07) is 1.68. The largest absolute Gasteiger partial charge is 0.493 e. The standard InChI is InChI=1S/C13H19N5O/c1-4-14-11(13-15-7-6-8-16-13)12-10(19-3)9-17-18(12)5-2/h6-9,11,14H,4-5H2,1-3H3. The highest BCUT2D eigenvalue weighted by Gasteiger charge is 2.24. The molecule has 6 nitrogen and oxygen atoms in total. The molecule has 0 aliphatic rings. The van der Waals surface area contributed by atoms with Crippen molar-refractivity contribution in [2.75, 3.05) is 13.7 Å². The fraction of sp³-hybridized carbons (Fsp3) is 0.462. The van der Waals surface area contributed by atoms with Crippen LogP contribution in [0.2, 0.25) is 0 Å². The summed E-state index contributed by atoms with van der Waals surface area (Å²) in [6.07, 6.45) is 5.21. The molecule has 19 heavy (non-hydrogen) atoms. The zero-order chi connectivity index (χ0) is 13.7. The van der Waals surface area contributed by atoms with Gasteiger partial charge in [-0.2, -0.15) is 5.10 Å². The molecule has 0 amide bonds. The van der Waals surface area contributed by atoms with Gasteiger partial charge in [0.1, 0.15) is 11.7 Å². The molecule has 0 saturated heterocycles. The first-order valence-electron chi connectivity index (χ1n) is 6.41. The van der Waals surface area contributed by atoms with E-state index >= 15 is 0 Å². The molecule has 0 aromatic carbocycles. The van der Waals surface area contributed by atoms with E-state index in [1.807, 2.05) is 11.6 Å². The Labute approximate surface area is 112 Å². The van der Waals surface area contributed by atoms with Crippen LogP contribution in [0, 0.1) is 0 Å². The molecule has 1 N–H and O–H groups in total. The summed E-state index contributed by atoms with van der Waals surface area (Å²) < 4.78 is 7.30. The molecule has 0 aliphatic heterocycles. The molecule has 0 spiro atoms. The number of ether oxygens (including phenoxy) is 1. The van der Waals surface area contributed by atoms with Crippen LogP contribution in [-0.4, -0.2) is 33.4 Å². The molecular formula is C13H19N5O. The third-order valence-electron chi connectivity index (χ3n) is 2.89. The Morgan fingerprint density at radius 2 is 2.05 bits per heavy atom. The number of nitrogens with one attached hydrogen (secondary N) is 1. The highest BCUT2D eigenvalue weighted by molar-refractivity contribution is 5.32. The Kier molecular flexibility index (Phi) is 4.46. The minimum absolute atomic E-state index is 0.122. The maximum absolute atomic E-state index is 5.40. The molecule has 6 heteroatoms. The molecular weight excluding hydrogens is 242 g/mol. The molecule has 2 aromatic rings. The van der Waals surface area contributed by atoms with Crippen molar-refractivity contribution in [3.63, 3.8) is 0 Å². The van der Waals surface area contributed by atoms with Gasteiger partial charge >= 0.3 is 0 Å². The van der Waals surface area contributed by atoms with E-state index < -0.39 is 0 Å². The molecule has 1 unspecified atom stereocenters. The van der Waals surface area contributed by atoms with Crippen molar-refractivity contribution in [2.45, 2.75) is 26.4 Å². The summed E-state index contributed by atoms with van der Waals surface area (Å²) in [5.74, 6) is 1.47. The minimum Gasteiger partial charge on any atom is -0.493 e. The molecule has 2 heterocycles. The van der Waals surface area contributed by atoms with E-state index in [2.05, 4.69) is 27.3 Å². The van der Waals surface area contributed by atoms with Gasteiger partial charge in [-0.1, -0.05) is 6.92 Å². The Morgan fingerprint density at radius 3 is 2.63 bits per heavy atom. The topological polar surface area (TPSA) is 64.9 Å². The van der Waals surface area contributed by atoms with Crippen molar-refractivity contribution in [1.82, 2.24) is 25.1 Å². The summed E-state index contributed by atoms with van der Waals surface area (Å²) >= 11 is 0. The average Bonchev–Trinajstić information content (AvgIpc) is 2.88. The first-order valence-corrected chi connectivity index (χ1v) is 6.41. The first-order chi connectivity index (χ1) is 9.31. The molecule has 0 aliphatic carbocycles. The van der Waals surface area contributed by atoms with Crippen LogP contribution in [0.25, 0.3) is 0 Å². The monoisotopic (exact) mass is 261 g/mol. The number of aromatic nitrogens is 4. The van der Waals surface area contributed by atoms with Crippen LogP contribution < -0.4 is 10.1 Å². The van der Waals surface area contributed by atoms with Gasteiger partial charge in [0.25, 0.3) is 0 Å². The second-order valence-corrected chi connectivity index (χ2v) is 4.01. The van der Waals surface area contributed by atoms with Crippen LogP contribution in [0.15, 0.2) is 24.7 Å². The van der Waals surface area contributed by atoms with Gasteiger partial charge in [0.05, 0.1) is 13.3 Å². The van der Waals surface area contributed by atoms with Gasteiger partial charge in [0, 0.05) is 18.9 Å². The lowest BCUT2D eigenvalue weighted by molar-refractivity contribution is 0.397. The predicted molar refractivity (Wildman–Crippen MR) is 72.0 cm³/mol. The molecule has 2 rings (SSSR count). The Balaban J connectivity index is 2.47. The van der Waals surface area contributed by atoms with E-state index in [9.17, 15) is 0 Å². The maximum atomic E-state index is 5.40. The zero-order valence-corrected chi connectivity index (χ0v) is 11.5. The summed E-state index contributed by atoms with van der Waals surface area (Å²) in [5, 5.41) is 7.72. The Hall–Kier alpha value is -1.95. The Bertz CT molecular complexity index is 490. The predicted octanol–water partition coefficient (Wildman–Crippen LogP) is 1.40. The number of nitrogens with zero attached hydrogens (tertiary/aromatic N) is 4. The highest BCUT2D eigenvalue weighted by Crippen LogP contribution is 2.28. The quantitative estimate of drug-likeness (QED) is 0.851. The number of rotatable bonds is 6. The normalized spacial score (nSPS) is 12.4. The fourth-order valence-electron chi connectivity index (χ4n) is 2.05. The van der Waals surface area contributed by atoms with Crippen LogP contribution in [0.3, 0.4) is 0 Å². The SMILES string of the molecule is CCNC(c1ncccn1)c1c(OC)cnn1CC. The van der Waals surface area contributed by atoms with E-state index in [1.54, 1.807) is 31.8 Å². The first kappa shape index (κ1) is 13.5. The second kappa shape index (κ2) is 6.29. The van der Waals surface area contributed by atoms with Gasteiger partial charge < -0.3 is 10.1 Å².